The highest BCUT2D eigenvalue weighted by atomic mass is 16.5. The smallest absolute Gasteiger partial charge is 0.261 e. The second-order valence-corrected chi connectivity index (χ2v) is 11.5. The number of hydrogen-bond donors (Lipinski definition) is 8. The quantitative estimate of drug-likeness (QED) is 0.122. The van der Waals surface area contributed by atoms with Crippen LogP contribution in [0.2, 0.25) is 0 Å². The van der Waals surface area contributed by atoms with Crippen molar-refractivity contribution in [2.75, 3.05) is 5.32 Å². The fraction of sp³-hybridized carbons (Fsp3) is 0.333. The molecule has 1 aromatic heterocycles. The number of fused-ring (bicyclic) bond motifs is 1. The number of benzene rings is 2. The second-order valence-electron chi connectivity index (χ2n) is 11.5. The number of aromatic nitrogens is 1. The number of pyridine rings is 1. The van der Waals surface area contributed by atoms with Gasteiger partial charge >= 0.3 is 0 Å². The van der Waals surface area contributed by atoms with Gasteiger partial charge in [-0.25, -0.2) is 0 Å². The van der Waals surface area contributed by atoms with Crippen molar-refractivity contribution >= 4 is 53.9 Å². The largest absolute Gasteiger partial charge is 0.508 e. The van der Waals surface area contributed by atoms with E-state index in [-0.39, 0.29) is 16.8 Å². The molecule has 2 aromatic carbocycles. The van der Waals surface area contributed by atoms with Crippen molar-refractivity contribution in [1.82, 2.24) is 4.98 Å². The number of aromatic amines is 1. The number of aromatic hydroxyl groups is 1. The van der Waals surface area contributed by atoms with Gasteiger partial charge in [-0.2, -0.15) is 0 Å². The summed E-state index contributed by atoms with van der Waals surface area (Å²) in [7, 11) is 4.04. The summed E-state index contributed by atoms with van der Waals surface area (Å²) in [6, 6.07) is 9.11. The lowest BCUT2D eigenvalue weighted by molar-refractivity contribution is -0.269. The molecule has 0 aliphatic carbocycles. The van der Waals surface area contributed by atoms with Gasteiger partial charge in [-0.1, -0.05) is 32.9 Å². The molecule has 0 unspecified atom stereocenters. The Morgan fingerprint density at radius 1 is 0.895 bits per heavy atom. The molecule has 0 fully saturated rings. The van der Waals surface area contributed by atoms with Crippen LogP contribution in [0, 0.1) is 0 Å². The van der Waals surface area contributed by atoms with Gasteiger partial charge in [0.25, 0.3) is 5.91 Å². The number of nitrogens with one attached hydrogen (secondary N) is 2. The molecule has 3 rings (SSSR count). The zero-order valence-corrected chi connectivity index (χ0v) is 22.5. The summed E-state index contributed by atoms with van der Waals surface area (Å²) >= 11 is 0. The number of amides is 1. The van der Waals surface area contributed by atoms with Crippen LogP contribution in [0.1, 0.15) is 42.3 Å². The van der Waals surface area contributed by atoms with Crippen molar-refractivity contribution in [2.24, 2.45) is 0 Å². The van der Waals surface area contributed by atoms with Crippen LogP contribution >= 0.6 is 0 Å². The molecule has 0 aliphatic rings. The van der Waals surface area contributed by atoms with Crippen LogP contribution in [-0.4, -0.2) is 89.7 Å². The first kappa shape index (κ1) is 29.5. The van der Waals surface area contributed by atoms with Crippen molar-refractivity contribution in [3.8, 4) is 5.75 Å². The maximum absolute atomic E-state index is 13.2. The first-order valence-corrected chi connectivity index (χ1v) is 12.1. The van der Waals surface area contributed by atoms with E-state index in [2.05, 4.69) is 10.3 Å². The summed E-state index contributed by atoms with van der Waals surface area (Å²) in [4.78, 5) is 29.1. The predicted octanol–water partition coefficient (Wildman–Crippen LogP) is -3.52. The molecular weight excluding hydrogens is 488 g/mol. The molecule has 0 atom stereocenters. The maximum Gasteiger partial charge on any atom is 0.261 e. The molecule has 0 saturated heterocycles. The highest BCUT2D eigenvalue weighted by Gasteiger charge is 2.66. The molecule has 10 nitrogen and oxygen atoms in total. The topological polar surface area (TPSA) is 183 Å². The first-order chi connectivity index (χ1) is 17.1. The minimum Gasteiger partial charge on any atom is -0.508 e. The van der Waals surface area contributed by atoms with Crippen molar-refractivity contribution < 1.29 is 35.4 Å². The Hall–Kier alpha value is -3.02. The normalized spacial score (nSPS) is 13.5. The van der Waals surface area contributed by atoms with Gasteiger partial charge in [-0.3, -0.25) is 9.59 Å². The molecule has 1 amide bonds. The van der Waals surface area contributed by atoms with E-state index in [1.807, 2.05) is 0 Å². The summed E-state index contributed by atoms with van der Waals surface area (Å²) in [6.07, 6.45) is 1.29. The van der Waals surface area contributed by atoms with Gasteiger partial charge in [0.2, 0.25) is 5.43 Å². The molecule has 0 aliphatic heterocycles. The van der Waals surface area contributed by atoms with Crippen LogP contribution in [0.3, 0.4) is 0 Å². The van der Waals surface area contributed by atoms with Gasteiger partial charge in [0.05, 0.1) is 0 Å². The van der Waals surface area contributed by atoms with Crippen LogP contribution in [0.25, 0.3) is 10.9 Å². The number of anilines is 1. The number of carbonyl (C=O) groups is 1. The van der Waals surface area contributed by atoms with E-state index >= 15 is 0 Å². The zero-order valence-electron chi connectivity index (χ0n) is 22.5. The lowest BCUT2D eigenvalue weighted by atomic mass is 9.38. The standard InChI is InChI=1S/C24H32B4N2O8/c1-20(2,3)13-8-14(21(22(25,26)34,23(27,35)36)24(28,37)38)17(31)9-16(13)30-19(33)12-10-29-15-7-5-4-6-11(15)18(12)32/h4-10,31,34-38H,25-28H2,1-3H3,(H,29,32)(H,30,33). The molecule has 1 heterocycles. The predicted molar refractivity (Wildman–Crippen MR) is 154 cm³/mol. The molecule has 8 N–H and O–H groups in total. The molecule has 14 heteroatoms. The van der Waals surface area contributed by atoms with E-state index in [1.54, 1.807) is 45.0 Å². The Labute approximate surface area is 223 Å². The van der Waals surface area contributed by atoms with Gasteiger partial charge in [-0.15, -0.1) is 0 Å². The highest BCUT2D eigenvalue weighted by Crippen LogP contribution is 2.51. The second kappa shape index (κ2) is 9.32. The van der Waals surface area contributed by atoms with Crippen LogP contribution in [0.15, 0.2) is 47.4 Å². The summed E-state index contributed by atoms with van der Waals surface area (Å²) < 4.78 is 0. The van der Waals surface area contributed by atoms with Gasteiger partial charge in [0, 0.05) is 39.8 Å². The summed E-state index contributed by atoms with van der Waals surface area (Å²) in [5.74, 6) is -1.42. The van der Waals surface area contributed by atoms with Crippen molar-refractivity contribution in [1.29, 1.82) is 0 Å². The number of phenols is 1. The number of hydrogen-bond acceptors (Lipinski definition) is 8. The average Bonchev–Trinajstić information content (AvgIpc) is 2.72. The van der Waals surface area contributed by atoms with Crippen molar-refractivity contribution in [2.45, 2.75) is 48.4 Å². The lowest BCUT2D eigenvalue weighted by Gasteiger charge is -2.56. The number of para-hydroxylation sites is 1. The number of rotatable bonds is 6. The molecule has 3 aromatic rings. The molecule has 38 heavy (non-hydrogen) atoms. The number of aliphatic hydroxyl groups is 5. The summed E-state index contributed by atoms with van der Waals surface area (Å²) in [6.45, 7) is 5.34. The number of carbonyl (C=O) groups excluding carboxylic acids is 1. The van der Waals surface area contributed by atoms with E-state index in [4.69, 9.17) is 0 Å². The SMILES string of the molecule is BC(B)(O)C(c1cc(C(C)(C)C)c(NC(=O)c2c[nH]c3ccccc3c2=O)cc1O)(C(B)(O)O)C(B)(O)O. The van der Waals surface area contributed by atoms with E-state index in [0.717, 1.165) is 37.5 Å². The van der Waals surface area contributed by atoms with Gasteiger partial charge in [-0.05, 0) is 29.2 Å². The average molecular weight is 520 g/mol. The van der Waals surface area contributed by atoms with E-state index in [1.165, 1.54) is 12.3 Å². The number of phenolic OH excluding ortho intramolecular Hbond substituents is 1. The molecular formula is C24H32B4N2O8. The fourth-order valence-corrected chi connectivity index (χ4v) is 5.59. The summed E-state index contributed by atoms with van der Waals surface area (Å²) in [5, 5.41) is 66.2. The number of H-pyrrole nitrogens is 1. The van der Waals surface area contributed by atoms with Crippen LogP contribution in [0.4, 0.5) is 5.69 Å². The zero-order chi connectivity index (χ0) is 29.1. The maximum atomic E-state index is 13.2. The summed E-state index contributed by atoms with van der Waals surface area (Å²) in [5.41, 5.74) is -9.38. The molecule has 0 bridgehead atoms. The molecule has 0 saturated carbocycles. The minimum atomic E-state index is -2.96. The third-order valence-corrected chi connectivity index (χ3v) is 6.97. The third-order valence-electron chi connectivity index (χ3n) is 6.97. The van der Waals surface area contributed by atoms with Gasteiger partial charge in [0.15, 0.2) is 15.7 Å². The molecule has 0 radical (unpaired) electrons. The first-order valence-electron chi connectivity index (χ1n) is 12.1. The van der Waals surface area contributed by atoms with Crippen LogP contribution in [0.5, 0.6) is 5.75 Å². The third kappa shape index (κ3) is 4.78. The Morgan fingerprint density at radius 3 is 1.95 bits per heavy atom. The van der Waals surface area contributed by atoms with Gasteiger partial charge in [0.1, 0.15) is 43.8 Å². The molecule has 198 valence electrons. The molecule has 0 spiro atoms. The van der Waals surface area contributed by atoms with E-state index in [9.17, 15) is 40.2 Å². The monoisotopic (exact) mass is 520 g/mol. The van der Waals surface area contributed by atoms with Crippen LogP contribution < -0.4 is 10.7 Å². The van der Waals surface area contributed by atoms with Crippen LogP contribution in [-0.2, 0) is 10.8 Å². The minimum absolute atomic E-state index is 0.0936. The van der Waals surface area contributed by atoms with E-state index in [0.29, 0.717) is 16.5 Å². The van der Waals surface area contributed by atoms with Crippen molar-refractivity contribution in [3.05, 3.63) is 69.5 Å². The fourth-order valence-electron chi connectivity index (χ4n) is 5.59. The lowest BCUT2D eigenvalue weighted by Crippen LogP contribution is -2.77. The Kier molecular flexibility index (Phi) is 7.24. The van der Waals surface area contributed by atoms with Gasteiger partial charge < -0.3 is 40.9 Å². The Morgan fingerprint density at radius 2 is 1.45 bits per heavy atom. The van der Waals surface area contributed by atoms with Crippen molar-refractivity contribution in [3.63, 3.8) is 0 Å². The Bertz CT molecular complexity index is 1410. The van der Waals surface area contributed by atoms with E-state index < -0.39 is 44.7 Å². The Balaban J connectivity index is 2.27. The highest BCUT2D eigenvalue weighted by molar-refractivity contribution is 6.41.